The number of aromatic nitrogens is 3. The van der Waals surface area contributed by atoms with Crippen molar-refractivity contribution in [3.8, 4) is 0 Å². The number of carboxylic acids is 1. The molecule has 0 amide bonds. The highest BCUT2D eigenvalue weighted by atomic mass is 16.4. The molecule has 88 valence electrons. The molecule has 0 aliphatic rings. The summed E-state index contributed by atoms with van der Waals surface area (Å²) in [5, 5.41) is 15.9. The molecule has 6 nitrogen and oxygen atoms in total. The molecule has 0 spiro atoms. The van der Waals surface area contributed by atoms with E-state index in [-0.39, 0.29) is 11.7 Å². The van der Waals surface area contributed by atoms with Gasteiger partial charge in [-0.15, -0.1) is 5.10 Å². The van der Waals surface area contributed by atoms with Gasteiger partial charge in [-0.25, -0.2) is 9.48 Å². The van der Waals surface area contributed by atoms with Gasteiger partial charge < -0.3 is 10.8 Å². The van der Waals surface area contributed by atoms with E-state index in [4.69, 9.17) is 10.8 Å². The number of aromatic carboxylic acids is 1. The minimum atomic E-state index is -1.09. The fourth-order valence-corrected chi connectivity index (χ4v) is 1.49. The van der Waals surface area contributed by atoms with E-state index in [2.05, 4.69) is 10.3 Å². The van der Waals surface area contributed by atoms with Gasteiger partial charge in [-0.05, 0) is 5.56 Å². The third-order valence-electron chi connectivity index (χ3n) is 2.37. The van der Waals surface area contributed by atoms with Crippen LogP contribution in [0.4, 0.5) is 0 Å². The van der Waals surface area contributed by atoms with Gasteiger partial charge in [0.25, 0.3) is 0 Å². The molecule has 0 aliphatic heterocycles. The highest BCUT2D eigenvalue weighted by Crippen LogP contribution is 2.11. The fourth-order valence-electron chi connectivity index (χ4n) is 1.49. The van der Waals surface area contributed by atoms with Crippen LogP contribution >= 0.6 is 0 Å². The van der Waals surface area contributed by atoms with Gasteiger partial charge in [0.1, 0.15) is 0 Å². The largest absolute Gasteiger partial charge is 0.476 e. The summed E-state index contributed by atoms with van der Waals surface area (Å²) in [6.45, 7) is 0.393. The Hall–Kier alpha value is -2.21. The minimum absolute atomic E-state index is 0.0785. The van der Waals surface area contributed by atoms with Gasteiger partial charge in [-0.2, -0.15) is 0 Å². The van der Waals surface area contributed by atoms with Crippen LogP contribution in [-0.2, 0) is 6.54 Å². The lowest BCUT2D eigenvalue weighted by atomic mass is 10.1. The molecule has 1 atom stereocenters. The average molecular weight is 232 g/mol. The van der Waals surface area contributed by atoms with E-state index >= 15 is 0 Å². The molecule has 2 rings (SSSR count). The van der Waals surface area contributed by atoms with Crippen molar-refractivity contribution in [2.45, 2.75) is 12.6 Å². The summed E-state index contributed by atoms with van der Waals surface area (Å²) < 4.78 is 1.43. The van der Waals surface area contributed by atoms with E-state index in [1.807, 2.05) is 30.3 Å². The van der Waals surface area contributed by atoms with Gasteiger partial charge in [0.15, 0.2) is 5.69 Å². The smallest absolute Gasteiger partial charge is 0.358 e. The maximum atomic E-state index is 10.6. The molecule has 0 radical (unpaired) electrons. The van der Waals surface area contributed by atoms with E-state index in [0.717, 1.165) is 5.56 Å². The number of carbonyl (C=O) groups is 1. The van der Waals surface area contributed by atoms with Crippen LogP contribution in [0, 0.1) is 0 Å². The molecule has 1 unspecified atom stereocenters. The predicted octanol–water partition coefficient (Wildman–Crippen LogP) is 0.676. The van der Waals surface area contributed by atoms with Crippen molar-refractivity contribution in [3.63, 3.8) is 0 Å². The first kappa shape index (κ1) is 11.3. The molecular formula is C11H12N4O2. The molecule has 0 fully saturated rings. The predicted molar refractivity (Wildman–Crippen MR) is 60.4 cm³/mol. The Morgan fingerprint density at radius 2 is 2.12 bits per heavy atom. The van der Waals surface area contributed by atoms with Crippen molar-refractivity contribution in [1.29, 1.82) is 0 Å². The van der Waals surface area contributed by atoms with Crippen molar-refractivity contribution in [2.24, 2.45) is 5.73 Å². The lowest BCUT2D eigenvalue weighted by molar-refractivity contribution is 0.0690. The molecule has 0 saturated heterocycles. The topological polar surface area (TPSA) is 94.0 Å². The number of rotatable bonds is 4. The van der Waals surface area contributed by atoms with Crippen molar-refractivity contribution in [2.75, 3.05) is 0 Å². The SMILES string of the molecule is NC(Cn1cc(C(=O)O)nn1)c1ccccc1. The van der Waals surface area contributed by atoms with Crippen molar-refractivity contribution in [1.82, 2.24) is 15.0 Å². The number of nitrogens with two attached hydrogens (primary N) is 1. The van der Waals surface area contributed by atoms with Gasteiger partial charge in [-0.3, -0.25) is 0 Å². The molecule has 0 saturated carbocycles. The second kappa shape index (κ2) is 4.75. The molecular weight excluding hydrogens is 220 g/mol. The first-order valence-corrected chi connectivity index (χ1v) is 5.11. The van der Waals surface area contributed by atoms with Crippen LogP contribution in [0.3, 0.4) is 0 Å². The number of hydrogen-bond acceptors (Lipinski definition) is 4. The zero-order valence-electron chi connectivity index (χ0n) is 9.02. The van der Waals surface area contributed by atoms with Crippen LogP contribution in [0.1, 0.15) is 22.1 Å². The van der Waals surface area contributed by atoms with Crippen LogP contribution < -0.4 is 5.73 Å². The van der Waals surface area contributed by atoms with Gasteiger partial charge in [0, 0.05) is 6.04 Å². The summed E-state index contributed by atoms with van der Waals surface area (Å²) in [5.41, 5.74) is 6.87. The molecule has 3 N–H and O–H groups in total. The first-order chi connectivity index (χ1) is 8.16. The zero-order valence-corrected chi connectivity index (χ0v) is 9.02. The van der Waals surface area contributed by atoms with Crippen molar-refractivity contribution >= 4 is 5.97 Å². The summed E-state index contributed by atoms with van der Waals surface area (Å²) in [6, 6.07) is 9.31. The Kier molecular flexibility index (Phi) is 3.15. The summed E-state index contributed by atoms with van der Waals surface area (Å²) in [6.07, 6.45) is 1.37. The van der Waals surface area contributed by atoms with Crippen LogP contribution in [0.2, 0.25) is 0 Å². The van der Waals surface area contributed by atoms with Crippen LogP contribution in [0.25, 0.3) is 0 Å². The van der Waals surface area contributed by atoms with E-state index in [9.17, 15) is 4.79 Å². The third-order valence-corrected chi connectivity index (χ3v) is 2.37. The number of carboxylic acid groups (broad SMARTS) is 1. The molecule has 1 heterocycles. The monoisotopic (exact) mass is 232 g/mol. The minimum Gasteiger partial charge on any atom is -0.476 e. The number of benzene rings is 1. The average Bonchev–Trinajstić information content (AvgIpc) is 2.79. The second-order valence-corrected chi connectivity index (χ2v) is 3.65. The van der Waals surface area contributed by atoms with Crippen LogP contribution in [0.5, 0.6) is 0 Å². The summed E-state index contributed by atoms with van der Waals surface area (Å²) in [4.78, 5) is 10.6. The lowest BCUT2D eigenvalue weighted by Gasteiger charge is -2.10. The Morgan fingerprint density at radius 1 is 1.41 bits per heavy atom. The van der Waals surface area contributed by atoms with Gasteiger partial charge in [-0.1, -0.05) is 35.5 Å². The van der Waals surface area contributed by atoms with Crippen LogP contribution in [0.15, 0.2) is 36.5 Å². The summed E-state index contributed by atoms with van der Waals surface area (Å²) in [5.74, 6) is -1.09. The molecule has 0 bridgehead atoms. The van der Waals surface area contributed by atoms with Gasteiger partial charge in [0.2, 0.25) is 0 Å². The van der Waals surface area contributed by atoms with Crippen molar-refractivity contribution in [3.05, 3.63) is 47.8 Å². The fraction of sp³-hybridized carbons (Fsp3) is 0.182. The zero-order chi connectivity index (χ0) is 12.3. The van der Waals surface area contributed by atoms with E-state index < -0.39 is 5.97 Å². The summed E-state index contributed by atoms with van der Waals surface area (Å²) in [7, 11) is 0. The molecule has 1 aromatic heterocycles. The van der Waals surface area contributed by atoms with E-state index in [0.29, 0.717) is 6.54 Å². The molecule has 17 heavy (non-hydrogen) atoms. The Labute approximate surface area is 97.7 Å². The Morgan fingerprint density at radius 3 is 2.71 bits per heavy atom. The Balaban J connectivity index is 2.08. The van der Waals surface area contributed by atoms with E-state index in [1.165, 1.54) is 10.9 Å². The second-order valence-electron chi connectivity index (χ2n) is 3.65. The molecule has 1 aromatic carbocycles. The standard InChI is InChI=1S/C11H12N4O2/c12-9(8-4-2-1-3-5-8)6-15-7-10(11(16)17)13-14-15/h1-5,7,9H,6,12H2,(H,16,17). The third kappa shape index (κ3) is 2.67. The number of nitrogens with zero attached hydrogens (tertiary/aromatic N) is 3. The Bertz CT molecular complexity index is 509. The molecule has 2 aromatic rings. The maximum absolute atomic E-state index is 10.6. The quantitative estimate of drug-likeness (QED) is 0.808. The van der Waals surface area contributed by atoms with E-state index in [1.54, 1.807) is 0 Å². The molecule has 0 aliphatic carbocycles. The van der Waals surface area contributed by atoms with Crippen molar-refractivity contribution < 1.29 is 9.90 Å². The first-order valence-electron chi connectivity index (χ1n) is 5.11. The lowest BCUT2D eigenvalue weighted by Crippen LogP contribution is -2.17. The molecule has 6 heteroatoms. The van der Waals surface area contributed by atoms with Gasteiger partial charge >= 0.3 is 5.97 Å². The summed E-state index contributed by atoms with van der Waals surface area (Å²) >= 11 is 0. The van der Waals surface area contributed by atoms with Gasteiger partial charge in [0.05, 0.1) is 12.7 Å². The highest BCUT2D eigenvalue weighted by Gasteiger charge is 2.11. The maximum Gasteiger partial charge on any atom is 0.358 e. The number of hydrogen-bond donors (Lipinski definition) is 2. The normalized spacial score (nSPS) is 12.3. The highest BCUT2D eigenvalue weighted by molar-refractivity contribution is 5.84. The van der Waals surface area contributed by atoms with Crippen LogP contribution in [-0.4, -0.2) is 26.1 Å².